The number of benzene rings is 2. The molecule has 7 heteroatoms. The number of nitro benzene ring substituents is 1. The van der Waals surface area contributed by atoms with Crippen molar-refractivity contribution in [2.45, 2.75) is 0 Å². The molecule has 108 valence electrons. The van der Waals surface area contributed by atoms with Crippen molar-refractivity contribution >= 4 is 28.7 Å². The van der Waals surface area contributed by atoms with Crippen LogP contribution in [-0.2, 0) is 0 Å². The van der Waals surface area contributed by atoms with Gasteiger partial charge in [-0.25, -0.2) is 0 Å². The second-order valence-corrected chi connectivity index (χ2v) is 4.51. The van der Waals surface area contributed by atoms with Gasteiger partial charge in [0.2, 0.25) is 0 Å². The van der Waals surface area contributed by atoms with Gasteiger partial charge in [0.25, 0.3) is 11.6 Å². The van der Waals surface area contributed by atoms with E-state index < -0.39 is 4.92 Å². The number of nitro groups is 1. The molecule has 0 fully saturated rings. The number of rotatable bonds is 3. The van der Waals surface area contributed by atoms with Crippen LogP contribution in [0.1, 0.15) is 10.4 Å². The highest BCUT2D eigenvalue weighted by Crippen LogP contribution is 2.13. The Morgan fingerprint density at radius 1 is 1.14 bits per heavy atom. The zero-order valence-electron chi connectivity index (χ0n) is 11.3. The van der Waals surface area contributed by atoms with Gasteiger partial charge in [0.1, 0.15) is 5.52 Å². The first-order chi connectivity index (χ1) is 10.6. The van der Waals surface area contributed by atoms with E-state index in [0.717, 1.165) is 0 Å². The van der Waals surface area contributed by atoms with Gasteiger partial charge in [-0.1, -0.05) is 17.3 Å². The third-order valence-electron chi connectivity index (χ3n) is 3.08. The van der Waals surface area contributed by atoms with E-state index >= 15 is 0 Å². The van der Waals surface area contributed by atoms with Gasteiger partial charge >= 0.3 is 0 Å². The van der Waals surface area contributed by atoms with Crippen LogP contribution in [0.3, 0.4) is 0 Å². The molecule has 22 heavy (non-hydrogen) atoms. The van der Waals surface area contributed by atoms with Crippen LogP contribution >= 0.6 is 0 Å². The molecule has 0 unspecified atom stereocenters. The molecule has 0 amide bonds. The SMILES string of the molecule is O=C(C=Cc1ccc([N+](=O)[O-])cc1)n1nnc2ccccc21. The number of fused-ring (bicyclic) bond motifs is 1. The molecule has 0 aliphatic rings. The summed E-state index contributed by atoms with van der Waals surface area (Å²) in [4.78, 5) is 22.2. The summed E-state index contributed by atoms with van der Waals surface area (Å²) in [6.07, 6.45) is 2.92. The fourth-order valence-electron chi connectivity index (χ4n) is 1.98. The summed E-state index contributed by atoms with van der Waals surface area (Å²) in [5.74, 6) is -0.341. The molecule has 0 spiro atoms. The number of carbonyl (C=O) groups is 1. The van der Waals surface area contributed by atoms with Crippen molar-refractivity contribution in [2.24, 2.45) is 0 Å². The van der Waals surface area contributed by atoms with E-state index in [0.29, 0.717) is 16.6 Å². The number of carbonyl (C=O) groups excluding carboxylic acids is 1. The number of allylic oxidation sites excluding steroid dienone is 1. The predicted octanol–water partition coefficient (Wildman–Crippen LogP) is 2.69. The van der Waals surface area contributed by atoms with E-state index in [1.807, 2.05) is 6.07 Å². The zero-order chi connectivity index (χ0) is 15.5. The number of hydrogen-bond acceptors (Lipinski definition) is 5. The first kappa shape index (κ1) is 13.6. The average Bonchev–Trinajstić information content (AvgIpc) is 2.97. The van der Waals surface area contributed by atoms with E-state index in [1.54, 1.807) is 36.4 Å². The van der Waals surface area contributed by atoms with Crippen molar-refractivity contribution in [1.29, 1.82) is 0 Å². The van der Waals surface area contributed by atoms with E-state index in [1.165, 1.54) is 22.9 Å². The number of para-hydroxylation sites is 1. The van der Waals surface area contributed by atoms with E-state index in [9.17, 15) is 14.9 Å². The van der Waals surface area contributed by atoms with Crippen LogP contribution in [0.15, 0.2) is 54.6 Å². The minimum Gasteiger partial charge on any atom is -0.267 e. The average molecular weight is 294 g/mol. The molecular formula is C15H10N4O3. The van der Waals surface area contributed by atoms with Gasteiger partial charge in [-0.05, 0) is 35.9 Å². The molecule has 7 nitrogen and oxygen atoms in total. The second kappa shape index (κ2) is 5.57. The second-order valence-electron chi connectivity index (χ2n) is 4.51. The summed E-state index contributed by atoms with van der Waals surface area (Å²) in [7, 11) is 0. The zero-order valence-corrected chi connectivity index (χ0v) is 11.3. The molecule has 0 saturated carbocycles. The smallest absolute Gasteiger partial charge is 0.267 e. The van der Waals surface area contributed by atoms with Crippen molar-refractivity contribution in [3.63, 3.8) is 0 Å². The molecule has 0 radical (unpaired) electrons. The fourth-order valence-corrected chi connectivity index (χ4v) is 1.98. The van der Waals surface area contributed by atoms with Gasteiger partial charge < -0.3 is 0 Å². The summed E-state index contributed by atoms with van der Waals surface area (Å²) < 4.78 is 1.21. The minimum atomic E-state index is -0.472. The van der Waals surface area contributed by atoms with Gasteiger partial charge in [-0.2, -0.15) is 4.68 Å². The number of non-ortho nitro benzene ring substituents is 1. The lowest BCUT2D eigenvalue weighted by Crippen LogP contribution is -2.08. The highest BCUT2D eigenvalue weighted by atomic mass is 16.6. The highest BCUT2D eigenvalue weighted by molar-refractivity contribution is 5.98. The van der Waals surface area contributed by atoms with Gasteiger partial charge in [-0.3, -0.25) is 14.9 Å². The molecule has 0 N–H and O–H groups in total. The largest absolute Gasteiger partial charge is 0.272 e. The maximum Gasteiger partial charge on any atom is 0.272 e. The lowest BCUT2D eigenvalue weighted by atomic mass is 10.2. The van der Waals surface area contributed by atoms with E-state index in [-0.39, 0.29) is 11.6 Å². The van der Waals surface area contributed by atoms with Crippen molar-refractivity contribution in [3.05, 3.63) is 70.3 Å². The van der Waals surface area contributed by atoms with Gasteiger partial charge in [-0.15, -0.1) is 5.10 Å². The molecule has 1 heterocycles. The van der Waals surface area contributed by atoms with Crippen LogP contribution in [0.2, 0.25) is 0 Å². The molecule has 1 aromatic heterocycles. The van der Waals surface area contributed by atoms with Crippen molar-refractivity contribution in [3.8, 4) is 0 Å². The van der Waals surface area contributed by atoms with Crippen molar-refractivity contribution in [2.75, 3.05) is 0 Å². The first-order valence-corrected chi connectivity index (χ1v) is 6.42. The van der Waals surface area contributed by atoms with Crippen LogP contribution in [-0.4, -0.2) is 25.8 Å². The summed E-state index contributed by atoms with van der Waals surface area (Å²) in [5, 5.41) is 18.3. The topological polar surface area (TPSA) is 90.9 Å². The van der Waals surface area contributed by atoms with Gasteiger partial charge in [0.05, 0.1) is 10.4 Å². The van der Waals surface area contributed by atoms with Crippen LogP contribution in [0.25, 0.3) is 17.1 Å². The first-order valence-electron chi connectivity index (χ1n) is 6.42. The van der Waals surface area contributed by atoms with E-state index in [4.69, 9.17) is 0 Å². The lowest BCUT2D eigenvalue weighted by molar-refractivity contribution is -0.384. The Balaban J connectivity index is 1.83. The summed E-state index contributed by atoms with van der Waals surface area (Å²) >= 11 is 0. The highest BCUT2D eigenvalue weighted by Gasteiger charge is 2.08. The summed E-state index contributed by atoms with van der Waals surface area (Å²) in [5.41, 5.74) is 1.95. The summed E-state index contributed by atoms with van der Waals surface area (Å²) in [6, 6.07) is 13.1. The Morgan fingerprint density at radius 2 is 1.86 bits per heavy atom. The molecule has 0 bridgehead atoms. The Kier molecular flexibility index (Phi) is 3.45. The van der Waals surface area contributed by atoms with Gasteiger partial charge in [0, 0.05) is 18.2 Å². The number of aromatic nitrogens is 3. The fraction of sp³-hybridized carbons (Fsp3) is 0. The minimum absolute atomic E-state index is 0.00532. The maximum absolute atomic E-state index is 12.1. The maximum atomic E-state index is 12.1. The quantitative estimate of drug-likeness (QED) is 0.421. The van der Waals surface area contributed by atoms with Crippen molar-refractivity contribution < 1.29 is 9.72 Å². The Hall–Kier alpha value is -3.35. The number of hydrogen-bond donors (Lipinski definition) is 0. The van der Waals surface area contributed by atoms with Crippen LogP contribution in [0.4, 0.5) is 5.69 Å². The monoisotopic (exact) mass is 294 g/mol. The lowest BCUT2D eigenvalue weighted by Gasteiger charge is -1.96. The van der Waals surface area contributed by atoms with Crippen LogP contribution in [0.5, 0.6) is 0 Å². The molecule has 0 aliphatic heterocycles. The van der Waals surface area contributed by atoms with Crippen LogP contribution in [0, 0.1) is 10.1 Å². The molecule has 0 saturated heterocycles. The van der Waals surface area contributed by atoms with E-state index in [2.05, 4.69) is 10.3 Å². The Morgan fingerprint density at radius 3 is 2.59 bits per heavy atom. The van der Waals surface area contributed by atoms with Crippen LogP contribution < -0.4 is 0 Å². The predicted molar refractivity (Wildman–Crippen MR) is 80.3 cm³/mol. The molecule has 3 rings (SSSR count). The molecular weight excluding hydrogens is 284 g/mol. The molecule has 2 aromatic carbocycles. The standard InChI is InChI=1S/C15H10N4O3/c20-15(18-14-4-2-1-3-13(14)16-17-18)10-7-11-5-8-12(9-6-11)19(21)22/h1-10H. The Labute approximate surface area is 124 Å². The third kappa shape index (κ3) is 2.59. The van der Waals surface area contributed by atoms with Gasteiger partial charge in [0.15, 0.2) is 0 Å². The summed E-state index contributed by atoms with van der Waals surface area (Å²) in [6.45, 7) is 0. The third-order valence-corrected chi connectivity index (χ3v) is 3.08. The Bertz CT molecular complexity index is 881. The molecule has 0 aliphatic carbocycles. The molecule has 3 aromatic rings. The molecule has 0 atom stereocenters. The van der Waals surface area contributed by atoms with Crippen molar-refractivity contribution in [1.82, 2.24) is 15.0 Å². The number of nitrogens with zero attached hydrogens (tertiary/aromatic N) is 4. The normalized spacial score (nSPS) is 11.1.